The number of benzene rings is 2. The van der Waals surface area contributed by atoms with Crippen molar-refractivity contribution in [1.82, 2.24) is 0 Å². The molecule has 0 fully saturated rings. The van der Waals surface area contributed by atoms with E-state index in [2.05, 4.69) is 20.7 Å². The lowest BCUT2D eigenvalue weighted by atomic mass is 10.2. The van der Waals surface area contributed by atoms with Crippen LogP contribution in [0.15, 0.2) is 39.7 Å². The zero-order chi connectivity index (χ0) is 15.8. The molecule has 0 amide bonds. The Balaban J connectivity index is 2.46. The Morgan fingerprint density at radius 2 is 1.81 bits per heavy atom. The van der Waals surface area contributed by atoms with Gasteiger partial charge in [0.25, 0.3) is 10.0 Å². The Kier molecular flexibility index (Phi) is 4.51. The second-order valence-electron chi connectivity index (χ2n) is 4.70. The van der Waals surface area contributed by atoms with E-state index < -0.39 is 10.0 Å². The van der Waals surface area contributed by atoms with Crippen molar-refractivity contribution in [1.29, 1.82) is 0 Å². The Bertz CT molecular complexity index is 807. The standard InChI is InChI=1S/C14H14BrClN2O2S/c1-8-6-11(16)14(7-12(8)17)21(19,20)18-13-4-3-10(15)5-9(13)2/h3-7,18H,17H2,1-2H3. The van der Waals surface area contributed by atoms with Crippen LogP contribution in [0.3, 0.4) is 0 Å². The summed E-state index contributed by atoms with van der Waals surface area (Å²) in [6.07, 6.45) is 0. The van der Waals surface area contributed by atoms with Gasteiger partial charge in [0.05, 0.1) is 10.7 Å². The molecule has 4 nitrogen and oxygen atoms in total. The van der Waals surface area contributed by atoms with E-state index >= 15 is 0 Å². The van der Waals surface area contributed by atoms with E-state index in [0.717, 1.165) is 15.6 Å². The number of halogens is 2. The maximum Gasteiger partial charge on any atom is 0.263 e. The molecule has 0 radical (unpaired) electrons. The van der Waals surface area contributed by atoms with Gasteiger partial charge in [-0.25, -0.2) is 8.42 Å². The van der Waals surface area contributed by atoms with Crippen LogP contribution in [0.4, 0.5) is 11.4 Å². The van der Waals surface area contributed by atoms with Crippen molar-refractivity contribution in [2.45, 2.75) is 18.7 Å². The Hall–Kier alpha value is -1.24. The molecule has 0 atom stereocenters. The normalized spacial score (nSPS) is 11.4. The molecule has 0 spiro atoms. The molecule has 0 aliphatic carbocycles. The van der Waals surface area contributed by atoms with E-state index in [0.29, 0.717) is 11.4 Å². The number of hydrogen-bond donors (Lipinski definition) is 2. The molecule has 3 N–H and O–H groups in total. The van der Waals surface area contributed by atoms with Gasteiger partial charge in [0, 0.05) is 10.2 Å². The number of hydrogen-bond acceptors (Lipinski definition) is 3. The summed E-state index contributed by atoms with van der Waals surface area (Å²) in [6, 6.07) is 8.18. The second-order valence-corrected chi connectivity index (χ2v) is 7.68. The van der Waals surface area contributed by atoms with E-state index in [4.69, 9.17) is 17.3 Å². The molecule has 0 aliphatic heterocycles. The highest BCUT2D eigenvalue weighted by molar-refractivity contribution is 9.10. The average Bonchev–Trinajstić information content (AvgIpc) is 2.37. The lowest BCUT2D eigenvalue weighted by Gasteiger charge is -2.13. The van der Waals surface area contributed by atoms with Gasteiger partial charge in [-0.05, 0) is 55.3 Å². The first kappa shape index (κ1) is 16.1. The summed E-state index contributed by atoms with van der Waals surface area (Å²) < 4.78 is 28.3. The number of nitrogen functional groups attached to an aromatic ring is 1. The summed E-state index contributed by atoms with van der Waals surface area (Å²) in [6.45, 7) is 3.58. The Morgan fingerprint density at radius 1 is 1.14 bits per heavy atom. The molecule has 0 bridgehead atoms. The molecule has 7 heteroatoms. The van der Waals surface area contributed by atoms with Crippen LogP contribution in [0.2, 0.25) is 5.02 Å². The van der Waals surface area contributed by atoms with Crippen molar-refractivity contribution in [3.8, 4) is 0 Å². The van der Waals surface area contributed by atoms with Crippen LogP contribution in [0.1, 0.15) is 11.1 Å². The van der Waals surface area contributed by atoms with Crippen LogP contribution in [0.25, 0.3) is 0 Å². The predicted octanol–water partition coefficient (Wildman–Crippen LogP) is 4.10. The quantitative estimate of drug-likeness (QED) is 0.776. The highest BCUT2D eigenvalue weighted by Crippen LogP contribution is 2.29. The first-order valence-electron chi connectivity index (χ1n) is 6.05. The first-order valence-corrected chi connectivity index (χ1v) is 8.71. The summed E-state index contributed by atoms with van der Waals surface area (Å²) in [5.74, 6) is 0. The van der Waals surface area contributed by atoms with E-state index in [1.807, 2.05) is 13.0 Å². The molecule has 112 valence electrons. The third-order valence-corrected chi connectivity index (χ3v) is 5.37. The van der Waals surface area contributed by atoms with Gasteiger partial charge in [-0.15, -0.1) is 0 Å². The molecular weight excluding hydrogens is 376 g/mol. The minimum absolute atomic E-state index is 0.0328. The molecule has 0 aliphatic rings. The van der Waals surface area contributed by atoms with Gasteiger partial charge in [-0.1, -0.05) is 27.5 Å². The first-order chi connectivity index (χ1) is 9.70. The van der Waals surface area contributed by atoms with Gasteiger partial charge in [-0.2, -0.15) is 0 Å². The predicted molar refractivity (Wildman–Crippen MR) is 90.3 cm³/mol. The largest absolute Gasteiger partial charge is 0.398 e. The molecular formula is C14H14BrClN2O2S. The van der Waals surface area contributed by atoms with Crippen LogP contribution in [-0.4, -0.2) is 8.42 Å². The van der Waals surface area contributed by atoms with Crippen molar-refractivity contribution < 1.29 is 8.42 Å². The summed E-state index contributed by atoms with van der Waals surface area (Å²) in [5, 5.41) is 0.143. The van der Waals surface area contributed by atoms with E-state index in [-0.39, 0.29) is 9.92 Å². The zero-order valence-electron chi connectivity index (χ0n) is 11.4. The van der Waals surface area contributed by atoms with Gasteiger partial charge in [-0.3, -0.25) is 4.72 Å². The Morgan fingerprint density at radius 3 is 2.43 bits per heavy atom. The van der Waals surface area contributed by atoms with Gasteiger partial charge in [0.2, 0.25) is 0 Å². The van der Waals surface area contributed by atoms with Gasteiger partial charge >= 0.3 is 0 Å². The summed E-state index contributed by atoms with van der Waals surface area (Å²) in [5.41, 5.74) is 8.18. The van der Waals surface area contributed by atoms with Gasteiger partial charge in [0.1, 0.15) is 4.90 Å². The number of nitrogens with one attached hydrogen (secondary N) is 1. The number of nitrogens with two attached hydrogens (primary N) is 1. The topological polar surface area (TPSA) is 72.2 Å². The second kappa shape index (κ2) is 5.87. The number of sulfonamides is 1. The number of rotatable bonds is 3. The molecule has 0 unspecified atom stereocenters. The fourth-order valence-corrected chi connectivity index (χ4v) is 4.04. The molecule has 21 heavy (non-hydrogen) atoms. The van der Waals surface area contributed by atoms with Crippen molar-refractivity contribution >= 4 is 48.9 Å². The van der Waals surface area contributed by atoms with E-state index in [1.54, 1.807) is 25.1 Å². The summed E-state index contributed by atoms with van der Waals surface area (Å²) >= 11 is 9.37. The molecule has 0 aromatic heterocycles. The monoisotopic (exact) mass is 388 g/mol. The summed E-state index contributed by atoms with van der Waals surface area (Å²) in [4.78, 5) is -0.0328. The number of anilines is 2. The van der Waals surface area contributed by atoms with Crippen molar-refractivity contribution in [3.05, 3.63) is 51.0 Å². The summed E-state index contributed by atoms with van der Waals surface area (Å²) in [7, 11) is -3.80. The molecule has 2 aromatic rings. The minimum atomic E-state index is -3.80. The minimum Gasteiger partial charge on any atom is -0.398 e. The Labute approximate surface area is 137 Å². The van der Waals surface area contributed by atoms with Crippen molar-refractivity contribution in [3.63, 3.8) is 0 Å². The average molecular weight is 390 g/mol. The molecule has 0 heterocycles. The smallest absolute Gasteiger partial charge is 0.263 e. The maximum atomic E-state index is 12.5. The van der Waals surface area contributed by atoms with Crippen LogP contribution in [0.5, 0.6) is 0 Å². The third kappa shape index (κ3) is 3.51. The number of aryl methyl sites for hydroxylation is 2. The van der Waals surface area contributed by atoms with Gasteiger partial charge in [0.15, 0.2) is 0 Å². The van der Waals surface area contributed by atoms with Crippen molar-refractivity contribution in [2.24, 2.45) is 0 Å². The molecule has 2 rings (SSSR count). The SMILES string of the molecule is Cc1cc(Cl)c(S(=O)(=O)Nc2ccc(Br)cc2C)cc1N. The third-order valence-electron chi connectivity index (χ3n) is 3.04. The van der Waals surface area contributed by atoms with Crippen LogP contribution >= 0.6 is 27.5 Å². The van der Waals surface area contributed by atoms with E-state index in [9.17, 15) is 8.42 Å². The lowest BCUT2D eigenvalue weighted by molar-refractivity contribution is 0.601. The molecule has 0 saturated heterocycles. The van der Waals surface area contributed by atoms with Crippen LogP contribution < -0.4 is 10.5 Å². The highest BCUT2D eigenvalue weighted by Gasteiger charge is 2.20. The fourth-order valence-electron chi connectivity index (χ4n) is 1.82. The van der Waals surface area contributed by atoms with E-state index in [1.165, 1.54) is 6.07 Å². The molecule has 2 aromatic carbocycles. The maximum absolute atomic E-state index is 12.5. The van der Waals surface area contributed by atoms with Crippen LogP contribution in [-0.2, 0) is 10.0 Å². The van der Waals surface area contributed by atoms with Crippen molar-refractivity contribution in [2.75, 3.05) is 10.5 Å². The van der Waals surface area contributed by atoms with Gasteiger partial charge < -0.3 is 5.73 Å². The lowest BCUT2D eigenvalue weighted by Crippen LogP contribution is -2.15. The highest BCUT2D eigenvalue weighted by atomic mass is 79.9. The van der Waals surface area contributed by atoms with Crippen LogP contribution in [0, 0.1) is 13.8 Å². The zero-order valence-corrected chi connectivity index (χ0v) is 14.6. The molecule has 0 saturated carbocycles. The fraction of sp³-hybridized carbons (Fsp3) is 0.143.